The summed E-state index contributed by atoms with van der Waals surface area (Å²) in [6.07, 6.45) is 0.00449. The average molecular weight is 398 g/mol. The maximum atomic E-state index is 12.2. The van der Waals surface area contributed by atoms with Crippen molar-refractivity contribution in [2.45, 2.75) is 11.7 Å². The molecule has 0 aliphatic carbocycles. The van der Waals surface area contributed by atoms with E-state index in [0.717, 1.165) is 0 Å². The SMILES string of the molecule is O=C(O)c1cccc(Br)c1NS(=O)(=O)C1CCS(=O)(=O)C1. The summed E-state index contributed by atoms with van der Waals surface area (Å²) in [7, 11) is -7.34. The molecule has 0 bridgehead atoms. The zero-order valence-corrected chi connectivity index (χ0v) is 13.8. The molecule has 0 radical (unpaired) electrons. The molecule has 10 heteroatoms. The van der Waals surface area contributed by atoms with Crippen LogP contribution < -0.4 is 4.72 Å². The molecule has 0 amide bonds. The molecule has 0 aromatic heterocycles. The second-order valence-electron chi connectivity index (χ2n) is 4.64. The summed E-state index contributed by atoms with van der Waals surface area (Å²) in [5.41, 5.74) is -0.317. The van der Waals surface area contributed by atoms with Crippen LogP contribution in [0.25, 0.3) is 0 Å². The third-order valence-corrected chi connectivity index (χ3v) is 7.53. The van der Waals surface area contributed by atoms with E-state index >= 15 is 0 Å². The molecular weight excluding hydrogens is 386 g/mol. The van der Waals surface area contributed by atoms with Crippen molar-refractivity contribution in [3.8, 4) is 0 Å². The smallest absolute Gasteiger partial charge is 0.337 e. The predicted molar refractivity (Wildman–Crippen MR) is 80.7 cm³/mol. The molecule has 1 atom stereocenters. The molecule has 1 unspecified atom stereocenters. The number of carboxylic acid groups (broad SMARTS) is 1. The number of aromatic carboxylic acids is 1. The van der Waals surface area contributed by atoms with Gasteiger partial charge in [0.2, 0.25) is 10.0 Å². The number of rotatable bonds is 4. The van der Waals surface area contributed by atoms with E-state index in [0.29, 0.717) is 0 Å². The highest BCUT2D eigenvalue weighted by Gasteiger charge is 2.37. The Bertz CT molecular complexity index is 787. The molecule has 1 saturated heterocycles. The molecule has 0 spiro atoms. The molecule has 2 rings (SSSR count). The Kier molecular flexibility index (Phi) is 4.31. The number of sulfonamides is 1. The number of halogens is 1. The van der Waals surface area contributed by atoms with Gasteiger partial charge in [0.15, 0.2) is 9.84 Å². The van der Waals surface area contributed by atoms with E-state index in [4.69, 9.17) is 5.11 Å². The fraction of sp³-hybridized carbons (Fsp3) is 0.364. The zero-order chi connectivity index (χ0) is 15.8. The van der Waals surface area contributed by atoms with Crippen molar-refractivity contribution < 1.29 is 26.7 Å². The monoisotopic (exact) mass is 397 g/mol. The van der Waals surface area contributed by atoms with Gasteiger partial charge < -0.3 is 5.11 Å². The topological polar surface area (TPSA) is 118 Å². The van der Waals surface area contributed by atoms with E-state index in [1.165, 1.54) is 18.2 Å². The summed E-state index contributed by atoms with van der Waals surface area (Å²) >= 11 is 3.09. The van der Waals surface area contributed by atoms with Crippen LogP contribution in [-0.4, -0.2) is 44.7 Å². The number of benzene rings is 1. The summed E-state index contributed by atoms with van der Waals surface area (Å²) in [6, 6.07) is 4.22. The van der Waals surface area contributed by atoms with Gasteiger partial charge >= 0.3 is 5.97 Å². The fourth-order valence-electron chi connectivity index (χ4n) is 2.04. The molecule has 1 aromatic carbocycles. The lowest BCUT2D eigenvalue weighted by molar-refractivity contribution is 0.0698. The number of carbonyl (C=O) groups is 1. The second-order valence-corrected chi connectivity index (χ2v) is 9.68. The van der Waals surface area contributed by atoms with Crippen molar-refractivity contribution in [3.05, 3.63) is 28.2 Å². The molecule has 21 heavy (non-hydrogen) atoms. The van der Waals surface area contributed by atoms with Crippen LogP contribution in [0.3, 0.4) is 0 Å². The van der Waals surface area contributed by atoms with Gasteiger partial charge in [0, 0.05) is 4.47 Å². The van der Waals surface area contributed by atoms with Crippen molar-refractivity contribution in [2.24, 2.45) is 0 Å². The van der Waals surface area contributed by atoms with Gasteiger partial charge in [-0.15, -0.1) is 0 Å². The van der Waals surface area contributed by atoms with Gasteiger partial charge in [-0.25, -0.2) is 21.6 Å². The van der Waals surface area contributed by atoms with Crippen molar-refractivity contribution in [3.63, 3.8) is 0 Å². The number of hydrogen-bond acceptors (Lipinski definition) is 5. The van der Waals surface area contributed by atoms with Crippen LogP contribution in [-0.2, 0) is 19.9 Å². The minimum atomic E-state index is -3.99. The molecule has 7 nitrogen and oxygen atoms in total. The largest absolute Gasteiger partial charge is 0.478 e. The van der Waals surface area contributed by atoms with Crippen molar-refractivity contribution in [2.75, 3.05) is 16.2 Å². The predicted octanol–water partition coefficient (Wildman–Crippen LogP) is 1.08. The summed E-state index contributed by atoms with van der Waals surface area (Å²) in [4.78, 5) is 11.1. The molecular formula is C11H12BrNO6S2. The van der Waals surface area contributed by atoms with Crippen LogP contribution in [0.2, 0.25) is 0 Å². The number of carboxylic acids is 1. The Morgan fingerprint density at radius 2 is 2.05 bits per heavy atom. The molecule has 2 N–H and O–H groups in total. The van der Waals surface area contributed by atoms with Gasteiger partial charge in [0.05, 0.1) is 28.0 Å². The lowest BCUT2D eigenvalue weighted by atomic mass is 10.2. The first-order valence-electron chi connectivity index (χ1n) is 5.86. The minimum absolute atomic E-state index is 0.00449. The lowest BCUT2D eigenvalue weighted by Gasteiger charge is -2.15. The van der Waals surface area contributed by atoms with Crippen LogP contribution in [0.5, 0.6) is 0 Å². The van der Waals surface area contributed by atoms with E-state index in [-0.39, 0.29) is 27.9 Å². The van der Waals surface area contributed by atoms with Crippen molar-refractivity contribution >= 4 is 47.4 Å². The number of sulfone groups is 1. The number of anilines is 1. The maximum Gasteiger partial charge on any atom is 0.337 e. The fourth-order valence-corrected chi connectivity index (χ4v) is 6.76. The van der Waals surface area contributed by atoms with Gasteiger partial charge in [-0.1, -0.05) is 6.07 Å². The average Bonchev–Trinajstić information content (AvgIpc) is 2.72. The third-order valence-electron chi connectivity index (χ3n) is 3.12. The van der Waals surface area contributed by atoms with Crippen LogP contribution >= 0.6 is 15.9 Å². The Labute approximate surface area is 130 Å². The third kappa shape index (κ3) is 3.55. The van der Waals surface area contributed by atoms with Gasteiger partial charge in [0.25, 0.3) is 0 Å². The zero-order valence-electron chi connectivity index (χ0n) is 10.6. The molecule has 1 aliphatic heterocycles. The summed E-state index contributed by atoms with van der Waals surface area (Å²) in [5.74, 6) is -1.91. The van der Waals surface area contributed by atoms with Gasteiger partial charge in [-0.2, -0.15) is 0 Å². The van der Waals surface area contributed by atoms with Gasteiger partial charge in [-0.3, -0.25) is 4.72 Å². The molecule has 1 aromatic rings. The molecule has 1 heterocycles. The van der Waals surface area contributed by atoms with E-state index in [1.54, 1.807) is 0 Å². The molecule has 116 valence electrons. The Morgan fingerprint density at radius 1 is 1.38 bits per heavy atom. The van der Waals surface area contributed by atoms with E-state index in [9.17, 15) is 21.6 Å². The lowest BCUT2D eigenvalue weighted by Crippen LogP contribution is -2.29. The summed E-state index contributed by atoms with van der Waals surface area (Å²) < 4.78 is 49.7. The number of nitrogens with one attached hydrogen (secondary N) is 1. The van der Waals surface area contributed by atoms with Crippen LogP contribution in [0.15, 0.2) is 22.7 Å². The van der Waals surface area contributed by atoms with Crippen molar-refractivity contribution in [1.82, 2.24) is 0 Å². The van der Waals surface area contributed by atoms with E-state index in [1.807, 2.05) is 0 Å². The Morgan fingerprint density at radius 3 is 2.57 bits per heavy atom. The van der Waals surface area contributed by atoms with E-state index in [2.05, 4.69) is 20.7 Å². The minimum Gasteiger partial charge on any atom is -0.478 e. The van der Waals surface area contributed by atoms with Crippen LogP contribution in [0, 0.1) is 0 Å². The highest BCUT2D eigenvalue weighted by molar-refractivity contribution is 9.10. The summed E-state index contributed by atoms with van der Waals surface area (Å²) in [5, 5.41) is 8.01. The Hall–Kier alpha value is -1.13. The first-order chi connectivity index (χ1) is 9.62. The number of para-hydroxylation sites is 1. The normalized spacial score (nSPS) is 21.1. The van der Waals surface area contributed by atoms with Crippen molar-refractivity contribution in [1.29, 1.82) is 0 Å². The van der Waals surface area contributed by atoms with Crippen LogP contribution in [0.4, 0.5) is 5.69 Å². The highest BCUT2D eigenvalue weighted by atomic mass is 79.9. The second kappa shape index (κ2) is 5.58. The van der Waals surface area contributed by atoms with Gasteiger partial charge in [-0.05, 0) is 34.5 Å². The maximum absolute atomic E-state index is 12.2. The van der Waals surface area contributed by atoms with E-state index < -0.39 is 36.8 Å². The quantitative estimate of drug-likeness (QED) is 0.784. The molecule has 1 fully saturated rings. The molecule has 0 saturated carbocycles. The number of hydrogen-bond donors (Lipinski definition) is 2. The molecule has 1 aliphatic rings. The first kappa shape index (κ1) is 16.2. The van der Waals surface area contributed by atoms with Crippen LogP contribution in [0.1, 0.15) is 16.8 Å². The highest BCUT2D eigenvalue weighted by Crippen LogP contribution is 2.29. The Balaban J connectivity index is 2.36. The standard InChI is InChI=1S/C11H12BrNO6S2/c12-9-3-1-2-8(11(14)15)10(9)13-21(18,19)7-4-5-20(16,17)6-7/h1-3,7,13H,4-6H2,(H,14,15). The first-order valence-corrected chi connectivity index (χ1v) is 10.0. The summed E-state index contributed by atoms with van der Waals surface area (Å²) in [6.45, 7) is 0. The van der Waals surface area contributed by atoms with Gasteiger partial charge in [0.1, 0.15) is 0 Å².